The Morgan fingerprint density at radius 3 is 2.42 bits per heavy atom. The lowest BCUT2D eigenvalue weighted by atomic mass is 10.1. The van der Waals surface area contributed by atoms with Crippen LogP contribution in [0.25, 0.3) is 0 Å². The number of hydrogen-bond donors (Lipinski definition) is 0. The van der Waals surface area contributed by atoms with E-state index < -0.39 is 0 Å². The summed E-state index contributed by atoms with van der Waals surface area (Å²) in [5.41, 5.74) is 1.67. The summed E-state index contributed by atoms with van der Waals surface area (Å²) in [6.45, 7) is 3.40. The molecule has 26 heavy (non-hydrogen) atoms. The molecule has 1 aliphatic heterocycles. The second-order valence-corrected chi connectivity index (χ2v) is 6.22. The molecule has 0 aliphatic carbocycles. The Kier molecular flexibility index (Phi) is 5.48. The number of amides is 1. The number of carbonyl (C=O) groups is 1. The molecule has 0 N–H and O–H groups in total. The van der Waals surface area contributed by atoms with Crippen LogP contribution in [0.5, 0.6) is 5.75 Å². The minimum atomic E-state index is -0.380. The summed E-state index contributed by atoms with van der Waals surface area (Å²) in [5.74, 6) is 0.742. The van der Waals surface area contributed by atoms with E-state index in [2.05, 4.69) is 4.90 Å². The number of non-ortho nitro benzene ring substituents is 1. The normalized spacial score (nSPS) is 14.9. The Morgan fingerprint density at radius 1 is 1.12 bits per heavy atom. The lowest BCUT2D eigenvalue weighted by Gasteiger charge is -2.34. The quantitative estimate of drug-likeness (QED) is 0.609. The summed E-state index contributed by atoms with van der Waals surface area (Å²) < 4.78 is 5.11. The van der Waals surface area contributed by atoms with E-state index in [0.29, 0.717) is 25.2 Å². The molecule has 0 radical (unpaired) electrons. The summed E-state index contributed by atoms with van der Waals surface area (Å²) in [6.07, 6.45) is 0. The Hall–Kier alpha value is -2.93. The lowest BCUT2D eigenvalue weighted by Crippen LogP contribution is -2.48. The zero-order chi connectivity index (χ0) is 18.5. The highest BCUT2D eigenvalue weighted by Gasteiger charge is 2.22. The second kappa shape index (κ2) is 7.97. The maximum Gasteiger partial charge on any atom is 0.269 e. The van der Waals surface area contributed by atoms with Crippen molar-refractivity contribution in [3.05, 3.63) is 69.8 Å². The number of ether oxygens (including phenoxy) is 1. The molecule has 0 aromatic heterocycles. The summed E-state index contributed by atoms with van der Waals surface area (Å²) in [5, 5.41) is 10.9. The smallest absolute Gasteiger partial charge is 0.269 e. The van der Waals surface area contributed by atoms with Gasteiger partial charge in [0.2, 0.25) is 0 Å². The highest BCUT2D eigenvalue weighted by atomic mass is 16.6. The van der Waals surface area contributed by atoms with Gasteiger partial charge in [-0.05, 0) is 29.8 Å². The van der Waals surface area contributed by atoms with Gasteiger partial charge in [0.15, 0.2) is 0 Å². The fourth-order valence-electron chi connectivity index (χ4n) is 3.05. The molecule has 136 valence electrons. The van der Waals surface area contributed by atoms with E-state index in [0.717, 1.165) is 24.4 Å². The van der Waals surface area contributed by atoms with E-state index in [-0.39, 0.29) is 16.5 Å². The van der Waals surface area contributed by atoms with Crippen LogP contribution in [0.4, 0.5) is 5.69 Å². The van der Waals surface area contributed by atoms with Crippen molar-refractivity contribution in [1.29, 1.82) is 0 Å². The molecule has 3 rings (SSSR count). The first-order valence-corrected chi connectivity index (χ1v) is 8.46. The van der Waals surface area contributed by atoms with Crippen molar-refractivity contribution >= 4 is 11.6 Å². The number of benzene rings is 2. The van der Waals surface area contributed by atoms with Crippen molar-refractivity contribution in [2.45, 2.75) is 6.54 Å². The average molecular weight is 355 g/mol. The zero-order valence-corrected chi connectivity index (χ0v) is 14.6. The number of piperazine rings is 1. The fourth-order valence-corrected chi connectivity index (χ4v) is 3.05. The maximum atomic E-state index is 12.6. The van der Waals surface area contributed by atoms with E-state index >= 15 is 0 Å². The average Bonchev–Trinajstić information content (AvgIpc) is 2.68. The number of methoxy groups -OCH3 is 1. The van der Waals surface area contributed by atoms with E-state index in [9.17, 15) is 14.9 Å². The van der Waals surface area contributed by atoms with Crippen molar-refractivity contribution in [3.8, 4) is 5.75 Å². The van der Waals surface area contributed by atoms with E-state index in [4.69, 9.17) is 4.74 Å². The molecule has 7 heteroatoms. The maximum absolute atomic E-state index is 12.6. The first kappa shape index (κ1) is 17.9. The summed E-state index contributed by atoms with van der Waals surface area (Å²) >= 11 is 0. The van der Waals surface area contributed by atoms with Crippen LogP contribution in [-0.2, 0) is 6.54 Å². The molecule has 2 aromatic carbocycles. The number of nitro groups is 1. The molecule has 2 aromatic rings. The van der Waals surface area contributed by atoms with Crippen molar-refractivity contribution in [2.24, 2.45) is 0 Å². The summed E-state index contributed by atoms with van der Waals surface area (Å²) in [4.78, 5) is 27.1. The molecular weight excluding hydrogens is 334 g/mol. The molecule has 1 fully saturated rings. The van der Waals surface area contributed by atoms with Gasteiger partial charge in [0, 0.05) is 50.4 Å². The predicted octanol–water partition coefficient (Wildman–Crippen LogP) is 2.56. The standard InChI is InChI=1S/C19H21N3O4/c1-26-18-7-5-16(6-8-18)19(23)21-11-9-20(10-12-21)14-15-3-2-4-17(13-15)22(24)25/h2-8,13H,9-12,14H2,1H3. The Balaban J connectivity index is 1.56. The van der Waals surface area contributed by atoms with Gasteiger partial charge in [-0.15, -0.1) is 0 Å². The molecule has 7 nitrogen and oxygen atoms in total. The molecular formula is C19H21N3O4. The molecule has 0 spiro atoms. The minimum Gasteiger partial charge on any atom is -0.497 e. The van der Waals surface area contributed by atoms with Gasteiger partial charge < -0.3 is 9.64 Å². The monoisotopic (exact) mass is 355 g/mol. The number of rotatable bonds is 5. The molecule has 1 amide bonds. The third-order valence-electron chi connectivity index (χ3n) is 4.52. The molecule has 0 unspecified atom stereocenters. The molecule has 0 bridgehead atoms. The summed E-state index contributed by atoms with van der Waals surface area (Å²) in [7, 11) is 1.59. The molecule has 0 saturated carbocycles. The van der Waals surface area contributed by atoms with Crippen LogP contribution in [-0.4, -0.2) is 53.9 Å². The van der Waals surface area contributed by atoms with Crippen LogP contribution < -0.4 is 4.74 Å². The van der Waals surface area contributed by atoms with Crippen molar-refractivity contribution < 1.29 is 14.5 Å². The highest BCUT2D eigenvalue weighted by Crippen LogP contribution is 2.17. The van der Waals surface area contributed by atoms with Crippen LogP contribution in [0.1, 0.15) is 15.9 Å². The third kappa shape index (κ3) is 4.18. The first-order valence-electron chi connectivity index (χ1n) is 8.46. The van der Waals surface area contributed by atoms with Crippen molar-refractivity contribution in [2.75, 3.05) is 33.3 Å². The predicted molar refractivity (Wildman–Crippen MR) is 97.3 cm³/mol. The van der Waals surface area contributed by atoms with Gasteiger partial charge in [-0.3, -0.25) is 19.8 Å². The SMILES string of the molecule is COc1ccc(C(=O)N2CCN(Cc3cccc([N+](=O)[O-])c3)CC2)cc1. The van der Waals surface area contributed by atoms with Gasteiger partial charge in [0.05, 0.1) is 12.0 Å². The van der Waals surface area contributed by atoms with Gasteiger partial charge >= 0.3 is 0 Å². The zero-order valence-electron chi connectivity index (χ0n) is 14.6. The van der Waals surface area contributed by atoms with Crippen LogP contribution in [0.3, 0.4) is 0 Å². The van der Waals surface area contributed by atoms with Gasteiger partial charge in [-0.2, -0.15) is 0 Å². The van der Waals surface area contributed by atoms with Crippen molar-refractivity contribution in [3.63, 3.8) is 0 Å². The van der Waals surface area contributed by atoms with Crippen LogP contribution in [0.15, 0.2) is 48.5 Å². The second-order valence-electron chi connectivity index (χ2n) is 6.22. The number of hydrogen-bond acceptors (Lipinski definition) is 5. The lowest BCUT2D eigenvalue weighted by molar-refractivity contribution is -0.384. The van der Waals surface area contributed by atoms with Crippen LogP contribution in [0.2, 0.25) is 0 Å². The van der Waals surface area contributed by atoms with E-state index in [1.54, 1.807) is 43.5 Å². The highest BCUT2D eigenvalue weighted by molar-refractivity contribution is 5.94. The van der Waals surface area contributed by atoms with Gasteiger partial charge in [0.25, 0.3) is 11.6 Å². The van der Waals surface area contributed by atoms with E-state index in [1.165, 1.54) is 6.07 Å². The number of nitro benzene ring substituents is 1. The van der Waals surface area contributed by atoms with Gasteiger partial charge in [0.1, 0.15) is 5.75 Å². The van der Waals surface area contributed by atoms with Gasteiger partial charge in [-0.25, -0.2) is 0 Å². The number of carbonyl (C=O) groups excluding carboxylic acids is 1. The molecule has 1 saturated heterocycles. The minimum absolute atomic E-state index is 0.0163. The van der Waals surface area contributed by atoms with E-state index in [1.807, 2.05) is 11.0 Å². The van der Waals surface area contributed by atoms with Crippen molar-refractivity contribution in [1.82, 2.24) is 9.80 Å². The van der Waals surface area contributed by atoms with Crippen LogP contribution >= 0.6 is 0 Å². The largest absolute Gasteiger partial charge is 0.497 e. The van der Waals surface area contributed by atoms with Gasteiger partial charge in [-0.1, -0.05) is 12.1 Å². The summed E-state index contributed by atoms with van der Waals surface area (Å²) in [6, 6.07) is 13.8. The fraction of sp³-hybridized carbons (Fsp3) is 0.316. The molecule has 1 aliphatic rings. The first-order chi connectivity index (χ1) is 12.6. The molecule has 1 heterocycles. The Labute approximate surface area is 151 Å². The Morgan fingerprint density at radius 2 is 1.81 bits per heavy atom. The third-order valence-corrected chi connectivity index (χ3v) is 4.52. The molecule has 0 atom stereocenters. The number of nitrogens with zero attached hydrogens (tertiary/aromatic N) is 3. The Bertz CT molecular complexity index is 784. The van der Waals surface area contributed by atoms with Crippen LogP contribution in [0, 0.1) is 10.1 Å². The topological polar surface area (TPSA) is 75.9 Å².